The minimum absolute atomic E-state index is 0.322. The highest BCUT2D eigenvalue weighted by Crippen LogP contribution is 2.29. The van der Waals surface area contributed by atoms with Gasteiger partial charge in [-0.05, 0) is 53.2 Å². The van der Waals surface area contributed by atoms with E-state index in [0.29, 0.717) is 27.5 Å². The van der Waals surface area contributed by atoms with E-state index in [-0.39, 0.29) is 12.5 Å². The van der Waals surface area contributed by atoms with Crippen LogP contribution < -0.4 is 9.64 Å². The molecule has 27 heavy (non-hydrogen) atoms. The number of esters is 1. The summed E-state index contributed by atoms with van der Waals surface area (Å²) in [6.07, 6.45) is 0. The molecule has 0 saturated carbocycles. The molecule has 0 atom stereocenters. The third kappa shape index (κ3) is 4.28. The van der Waals surface area contributed by atoms with Crippen molar-refractivity contribution in [2.24, 2.45) is 0 Å². The second kappa shape index (κ2) is 8.49. The van der Waals surface area contributed by atoms with Crippen LogP contribution in [0, 0.1) is 0 Å². The molecule has 0 radical (unpaired) electrons. The topological polar surface area (TPSA) is 68.7 Å². The number of thiazole rings is 1. The van der Waals surface area contributed by atoms with Gasteiger partial charge in [-0.2, -0.15) is 0 Å². The SMILES string of the molecule is CCN(C(=O)COC(=O)c1ccc(OC)c(Br)c1)c1nc2ccccc2s1. The summed E-state index contributed by atoms with van der Waals surface area (Å²) in [7, 11) is 1.54. The Morgan fingerprint density at radius 3 is 2.67 bits per heavy atom. The molecule has 0 aliphatic heterocycles. The van der Waals surface area contributed by atoms with Crippen LogP contribution in [0.3, 0.4) is 0 Å². The number of methoxy groups -OCH3 is 1. The molecule has 0 aliphatic rings. The van der Waals surface area contributed by atoms with Crippen LogP contribution in [-0.2, 0) is 9.53 Å². The lowest BCUT2D eigenvalue weighted by Crippen LogP contribution is -2.34. The number of ether oxygens (including phenoxy) is 2. The Labute approximate surface area is 168 Å². The monoisotopic (exact) mass is 448 g/mol. The summed E-state index contributed by atoms with van der Waals surface area (Å²) in [6.45, 7) is 1.93. The lowest BCUT2D eigenvalue weighted by molar-refractivity contribution is -0.121. The van der Waals surface area contributed by atoms with Gasteiger partial charge in [0.05, 0.1) is 27.4 Å². The number of carbonyl (C=O) groups is 2. The van der Waals surface area contributed by atoms with Gasteiger partial charge in [-0.25, -0.2) is 9.78 Å². The molecule has 140 valence electrons. The second-order valence-electron chi connectivity index (χ2n) is 5.53. The predicted molar refractivity (Wildman–Crippen MR) is 109 cm³/mol. The van der Waals surface area contributed by atoms with E-state index in [2.05, 4.69) is 20.9 Å². The van der Waals surface area contributed by atoms with Crippen molar-refractivity contribution < 1.29 is 19.1 Å². The molecular formula is C19H17BrN2O4S. The van der Waals surface area contributed by atoms with Crippen LogP contribution in [0.2, 0.25) is 0 Å². The number of nitrogens with zero attached hydrogens (tertiary/aromatic N) is 2. The summed E-state index contributed by atoms with van der Waals surface area (Å²) < 4.78 is 11.9. The van der Waals surface area contributed by atoms with Crippen molar-refractivity contribution in [1.29, 1.82) is 0 Å². The number of amides is 1. The van der Waals surface area contributed by atoms with E-state index >= 15 is 0 Å². The number of carbonyl (C=O) groups excluding carboxylic acids is 2. The van der Waals surface area contributed by atoms with Crippen molar-refractivity contribution in [1.82, 2.24) is 4.98 Å². The highest BCUT2D eigenvalue weighted by atomic mass is 79.9. The zero-order chi connectivity index (χ0) is 19.4. The number of hydrogen-bond donors (Lipinski definition) is 0. The van der Waals surface area contributed by atoms with Gasteiger partial charge in [0, 0.05) is 6.54 Å². The smallest absolute Gasteiger partial charge is 0.338 e. The minimum atomic E-state index is -0.577. The average molecular weight is 449 g/mol. The summed E-state index contributed by atoms with van der Waals surface area (Å²) >= 11 is 4.75. The number of hydrogen-bond acceptors (Lipinski definition) is 6. The fraction of sp³-hybridized carbons (Fsp3) is 0.211. The van der Waals surface area contributed by atoms with Crippen molar-refractivity contribution in [3.8, 4) is 5.75 Å². The van der Waals surface area contributed by atoms with E-state index in [4.69, 9.17) is 9.47 Å². The molecule has 0 fully saturated rings. The first-order chi connectivity index (χ1) is 13.0. The van der Waals surface area contributed by atoms with Gasteiger partial charge in [0.15, 0.2) is 11.7 Å². The van der Waals surface area contributed by atoms with Crippen LogP contribution in [0.25, 0.3) is 10.2 Å². The lowest BCUT2D eigenvalue weighted by atomic mass is 10.2. The van der Waals surface area contributed by atoms with Crippen LogP contribution >= 0.6 is 27.3 Å². The number of halogens is 1. The molecule has 0 bridgehead atoms. The van der Waals surface area contributed by atoms with E-state index in [1.165, 1.54) is 23.3 Å². The molecule has 8 heteroatoms. The van der Waals surface area contributed by atoms with Gasteiger partial charge in [0.1, 0.15) is 5.75 Å². The van der Waals surface area contributed by atoms with E-state index in [9.17, 15) is 9.59 Å². The Morgan fingerprint density at radius 1 is 1.22 bits per heavy atom. The molecule has 0 unspecified atom stereocenters. The molecule has 1 amide bonds. The van der Waals surface area contributed by atoms with Crippen molar-refractivity contribution in [2.45, 2.75) is 6.92 Å². The van der Waals surface area contributed by atoms with Crippen LogP contribution in [-0.4, -0.2) is 37.1 Å². The standard InChI is InChI=1S/C19H17BrN2O4S/c1-3-22(19-21-14-6-4-5-7-16(14)27-19)17(23)11-26-18(24)12-8-9-15(25-2)13(20)10-12/h4-10H,3,11H2,1-2H3. The van der Waals surface area contributed by atoms with Gasteiger partial charge in [-0.1, -0.05) is 23.5 Å². The zero-order valence-electron chi connectivity index (χ0n) is 14.8. The summed E-state index contributed by atoms with van der Waals surface area (Å²) in [6, 6.07) is 12.5. The molecule has 3 rings (SSSR count). The number of fused-ring (bicyclic) bond motifs is 1. The first-order valence-corrected chi connectivity index (χ1v) is 9.81. The fourth-order valence-electron chi connectivity index (χ4n) is 2.48. The maximum absolute atomic E-state index is 12.5. The van der Waals surface area contributed by atoms with E-state index in [0.717, 1.165) is 10.2 Å². The molecule has 0 saturated heterocycles. The third-order valence-electron chi connectivity index (χ3n) is 3.85. The highest BCUT2D eigenvalue weighted by Gasteiger charge is 2.20. The molecule has 1 heterocycles. The summed E-state index contributed by atoms with van der Waals surface area (Å²) in [4.78, 5) is 30.8. The second-order valence-corrected chi connectivity index (χ2v) is 7.39. The highest BCUT2D eigenvalue weighted by molar-refractivity contribution is 9.10. The maximum atomic E-state index is 12.5. The average Bonchev–Trinajstić information content (AvgIpc) is 3.10. The Morgan fingerprint density at radius 2 is 2.00 bits per heavy atom. The first-order valence-electron chi connectivity index (χ1n) is 8.20. The minimum Gasteiger partial charge on any atom is -0.496 e. The van der Waals surface area contributed by atoms with E-state index in [1.54, 1.807) is 18.2 Å². The number of benzene rings is 2. The molecule has 0 spiro atoms. The number of likely N-dealkylation sites (N-methyl/N-ethyl adjacent to an activating group) is 1. The molecular weight excluding hydrogens is 432 g/mol. The Bertz CT molecular complexity index is 956. The Kier molecular flexibility index (Phi) is 6.08. The summed E-state index contributed by atoms with van der Waals surface area (Å²) in [5.74, 6) is -0.292. The van der Waals surface area contributed by atoms with Gasteiger partial charge >= 0.3 is 5.97 Å². The van der Waals surface area contributed by atoms with Crippen LogP contribution in [0.15, 0.2) is 46.9 Å². The van der Waals surface area contributed by atoms with Gasteiger partial charge in [0.25, 0.3) is 5.91 Å². The quantitative estimate of drug-likeness (QED) is 0.526. The molecule has 0 aliphatic carbocycles. The number of rotatable bonds is 6. The Balaban J connectivity index is 1.68. The molecule has 3 aromatic rings. The summed E-state index contributed by atoms with van der Waals surface area (Å²) in [5, 5.41) is 0.590. The lowest BCUT2D eigenvalue weighted by Gasteiger charge is -2.17. The van der Waals surface area contributed by atoms with Crippen molar-refractivity contribution in [3.63, 3.8) is 0 Å². The number of anilines is 1. The van der Waals surface area contributed by atoms with Gasteiger partial charge in [0.2, 0.25) is 0 Å². The van der Waals surface area contributed by atoms with Crippen LogP contribution in [0.1, 0.15) is 17.3 Å². The molecule has 0 N–H and O–H groups in total. The van der Waals surface area contributed by atoms with E-state index < -0.39 is 5.97 Å². The maximum Gasteiger partial charge on any atom is 0.338 e. The zero-order valence-corrected chi connectivity index (χ0v) is 17.2. The normalized spacial score (nSPS) is 10.6. The third-order valence-corrected chi connectivity index (χ3v) is 5.52. The number of aromatic nitrogens is 1. The van der Waals surface area contributed by atoms with Crippen molar-refractivity contribution in [3.05, 3.63) is 52.5 Å². The van der Waals surface area contributed by atoms with E-state index in [1.807, 2.05) is 31.2 Å². The molecule has 2 aromatic carbocycles. The fourth-order valence-corrected chi connectivity index (χ4v) is 4.06. The summed E-state index contributed by atoms with van der Waals surface area (Å²) in [5.41, 5.74) is 1.17. The van der Waals surface area contributed by atoms with Gasteiger partial charge in [-0.15, -0.1) is 0 Å². The van der Waals surface area contributed by atoms with Gasteiger partial charge in [-0.3, -0.25) is 9.69 Å². The van der Waals surface area contributed by atoms with Crippen molar-refractivity contribution >= 4 is 54.5 Å². The largest absolute Gasteiger partial charge is 0.496 e. The predicted octanol–water partition coefficient (Wildman–Crippen LogP) is 4.28. The van der Waals surface area contributed by atoms with Crippen molar-refractivity contribution in [2.75, 3.05) is 25.2 Å². The number of para-hydroxylation sites is 1. The first kappa shape index (κ1) is 19.3. The van der Waals surface area contributed by atoms with Gasteiger partial charge < -0.3 is 9.47 Å². The van der Waals surface area contributed by atoms with Crippen LogP contribution in [0.5, 0.6) is 5.75 Å². The van der Waals surface area contributed by atoms with Crippen LogP contribution in [0.4, 0.5) is 5.13 Å². The molecule has 1 aromatic heterocycles. The molecule has 6 nitrogen and oxygen atoms in total. The Hall–Kier alpha value is -2.45.